The molecule has 0 radical (unpaired) electrons. The number of carbonyl (C=O) groups excluding carboxylic acids is 2. The Kier molecular flexibility index (Phi) is 3.70. The molecule has 7 nitrogen and oxygen atoms in total. The van der Waals surface area contributed by atoms with Crippen molar-refractivity contribution in [1.29, 1.82) is 0 Å². The SMILES string of the molecule is CN(C)C(=O)CNC(=O)N1CC(C(=O)O)C1. The van der Waals surface area contributed by atoms with E-state index in [4.69, 9.17) is 5.11 Å². The molecule has 0 spiro atoms. The highest BCUT2D eigenvalue weighted by atomic mass is 16.4. The molecule has 0 unspecified atom stereocenters. The maximum absolute atomic E-state index is 11.4. The minimum Gasteiger partial charge on any atom is -0.481 e. The van der Waals surface area contributed by atoms with Crippen molar-refractivity contribution in [2.24, 2.45) is 5.92 Å². The van der Waals surface area contributed by atoms with E-state index in [1.807, 2.05) is 0 Å². The lowest BCUT2D eigenvalue weighted by Gasteiger charge is -2.36. The molecule has 1 rings (SSSR count). The van der Waals surface area contributed by atoms with Gasteiger partial charge < -0.3 is 20.2 Å². The zero-order valence-electron chi connectivity index (χ0n) is 9.27. The highest BCUT2D eigenvalue weighted by molar-refractivity contribution is 5.85. The molecule has 1 saturated heterocycles. The summed E-state index contributed by atoms with van der Waals surface area (Å²) in [5.41, 5.74) is 0. The van der Waals surface area contributed by atoms with Crippen molar-refractivity contribution in [2.45, 2.75) is 0 Å². The van der Waals surface area contributed by atoms with Crippen LogP contribution >= 0.6 is 0 Å². The topological polar surface area (TPSA) is 90.0 Å². The van der Waals surface area contributed by atoms with E-state index in [0.717, 1.165) is 0 Å². The Bertz CT molecular complexity index is 310. The molecule has 7 heteroatoms. The summed E-state index contributed by atoms with van der Waals surface area (Å²) in [5, 5.41) is 11.0. The molecule has 0 aliphatic carbocycles. The fraction of sp³-hybridized carbons (Fsp3) is 0.667. The van der Waals surface area contributed by atoms with Crippen molar-refractivity contribution in [1.82, 2.24) is 15.1 Å². The Hall–Kier alpha value is -1.79. The fourth-order valence-corrected chi connectivity index (χ4v) is 1.22. The first-order valence-electron chi connectivity index (χ1n) is 4.87. The average Bonchev–Trinajstić information content (AvgIpc) is 2.10. The van der Waals surface area contributed by atoms with Crippen LogP contribution in [-0.4, -0.2) is 66.5 Å². The standard InChI is InChI=1S/C9H15N3O4/c1-11(2)7(13)3-10-9(16)12-4-6(5-12)8(14)15/h6H,3-5H2,1-2H3,(H,10,16)(H,14,15). The maximum atomic E-state index is 11.4. The predicted molar refractivity (Wildman–Crippen MR) is 54.8 cm³/mol. The molecular weight excluding hydrogens is 214 g/mol. The number of rotatable bonds is 3. The number of carboxylic acids is 1. The van der Waals surface area contributed by atoms with Crippen LogP contribution in [0.3, 0.4) is 0 Å². The number of aliphatic carboxylic acids is 1. The van der Waals surface area contributed by atoms with Crippen molar-refractivity contribution < 1.29 is 19.5 Å². The molecule has 1 fully saturated rings. The summed E-state index contributed by atoms with van der Waals surface area (Å²) in [4.78, 5) is 35.7. The molecule has 0 saturated carbocycles. The van der Waals surface area contributed by atoms with Gasteiger partial charge in [0.15, 0.2) is 0 Å². The number of urea groups is 1. The predicted octanol–water partition coefficient (Wildman–Crippen LogP) is -1.20. The molecule has 0 aromatic carbocycles. The summed E-state index contributed by atoms with van der Waals surface area (Å²) in [6, 6.07) is -0.396. The van der Waals surface area contributed by atoms with Gasteiger partial charge in [0.25, 0.3) is 0 Å². The van der Waals surface area contributed by atoms with E-state index in [1.165, 1.54) is 9.80 Å². The molecule has 0 bridgehead atoms. The van der Waals surface area contributed by atoms with Crippen LogP contribution < -0.4 is 5.32 Å². The van der Waals surface area contributed by atoms with Crippen LogP contribution in [0.5, 0.6) is 0 Å². The van der Waals surface area contributed by atoms with Crippen molar-refractivity contribution in [3.8, 4) is 0 Å². The minimum atomic E-state index is -0.895. The van der Waals surface area contributed by atoms with Crippen LogP contribution in [0.1, 0.15) is 0 Å². The van der Waals surface area contributed by atoms with E-state index in [9.17, 15) is 14.4 Å². The average molecular weight is 229 g/mol. The molecule has 0 aromatic rings. The van der Waals surface area contributed by atoms with Gasteiger partial charge in [-0.15, -0.1) is 0 Å². The lowest BCUT2D eigenvalue weighted by atomic mass is 10.0. The van der Waals surface area contributed by atoms with E-state index in [-0.39, 0.29) is 25.5 Å². The summed E-state index contributed by atoms with van der Waals surface area (Å²) in [6.45, 7) is 0.342. The van der Waals surface area contributed by atoms with Gasteiger partial charge >= 0.3 is 12.0 Å². The van der Waals surface area contributed by atoms with Gasteiger partial charge in [0.2, 0.25) is 5.91 Å². The summed E-state index contributed by atoms with van der Waals surface area (Å²) in [7, 11) is 3.19. The van der Waals surface area contributed by atoms with Crippen LogP contribution in [-0.2, 0) is 9.59 Å². The lowest BCUT2D eigenvalue weighted by Crippen LogP contribution is -2.57. The summed E-state index contributed by atoms with van der Waals surface area (Å²) in [5.74, 6) is -1.58. The first-order valence-corrected chi connectivity index (χ1v) is 4.87. The van der Waals surface area contributed by atoms with Crippen molar-refractivity contribution in [3.63, 3.8) is 0 Å². The largest absolute Gasteiger partial charge is 0.481 e. The fourth-order valence-electron chi connectivity index (χ4n) is 1.22. The van der Waals surface area contributed by atoms with Crippen molar-refractivity contribution in [3.05, 3.63) is 0 Å². The number of hydrogen-bond donors (Lipinski definition) is 2. The maximum Gasteiger partial charge on any atom is 0.317 e. The first-order chi connectivity index (χ1) is 7.41. The number of hydrogen-bond acceptors (Lipinski definition) is 3. The molecule has 0 atom stereocenters. The summed E-state index contributed by atoms with van der Waals surface area (Å²) >= 11 is 0. The summed E-state index contributed by atoms with van der Waals surface area (Å²) in [6.07, 6.45) is 0. The van der Waals surface area contributed by atoms with E-state index in [0.29, 0.717) is 0 Å². The Balaban J connectivity index is 2.23. The van der Waals surface area contributed by atoms with Gasteiger partial charge in [-0.25, -0.2) is 4.79 Å². The van der Waals surface area contributed by atoms with Crippen LogP contribution in [0.2, 0.25) is 0 Å². The van der Waals surface area contributed by atoms with E-state index >= 15 is 0 Å². The second-order valence-corrected chi connectivity index (χ2v) is 3.89. The van der Waals surface area contributed by atoms with Crippen molar-refractivity contribution >= 4 is 17.9 Å². The number of nitrogens with zero attached hydrogens (tertiary/aromatic N) is 2. The van der Waals surface area contributed by atoms with Crippen LogP contribution in [0.15, 0.2) is 0 Å². The smallest absolute Gasteiger partial charge is 0.317 e. The second kappa shape index (κ2) is 4.82. The molecule has 90 valence electrons. The van der Waals surface area contributed by atoms with Gasteiger partial charge in [0, 0.05) is 27.2 Å². The third-order valence-corrected chi connectivity index (χ3v) is 2.41. The third-order valence-electron chi connectivity index (χ3n) is 2.41. The normalized spacial score (nSPS) is 15.2. The molecular formula is C9H15N3O4. The molecule has 3 amide bonds. The van der Waals surface area contributed by atoms with Crippen molar-refractivity contribution in [2.75, 3.05) is 33.7 Å². The van der Waals surface area contributed by atoms with E-state index < -0.39 is 17.9 Å². The highest BCUT2D eigenvalue weighted by Gasteiger charge is 2.35. The molecule has 16 heavy (non-hydrogen) atoms. The monoisotopic (exact) mass is 229 g/mol. The second-order valence-electron chi connectivity index (χ2n) is 3.89. The number of likely N-dealkylation sites (tertiary alicyclic amines) is 1. The van der Waals surface area contributed by atoms with Crippen LogP contribution in [0.4, 0.5) is 4.79 Å². The Morgan fingerprint density at radius 2 is 1.94 bits per heavy atom. The molecule has 1 aliphatic heterocycles. The quantitative estimate of drug-likeness (QED) is 0.636. The third kappa shape index (κ3) is 2.85. The molecule has 1 aliphatic rings. The number of nitrogens with one attached hydrogen (secondary N) is 1. The number of carboxylic acid groups (broad SMARTS) is 1. The zero-order chi connectivity index (χ0) is 12.3. The number of carbonyl (C=O) groups is 3. The van der Waals surface area contributed by atoms with E-state index in [1.54, 1.807) is 14.1 Å². The highest BCUT2D eigenvalue weighted by Crippen LogP contribution is 2.14. The minimum absolute atomic E-state index is 0.0694. The Morgan fingerprint density at radius 3 is 2.38 bits per heavy atom. The Morgan fingerprint density at radius 1 is 1.38 bits per heavy atom. The van der Waals surface area contributed by atoms with Crippen LogP contribution in [0.25, 0.3) is 0 Å². The molecule has 1 heterocycles. The van der Waals surface area contributed by atoms with Crippen LogP contribution in [0, 0.1) is 5.92 Å². The van der Waals surface area contributed by atoms with Gasteiger partial charge in [-0.3, -0.25) is 9.59 Å². The van der Waals surface area contributed by atoms with E-state index in [2.05, 4.69) is 5.32 Å². The van der Waals surface area contributed by atoms with Gasteiger partial charge in [-0.05, 0) is 0 Å². The van der Waals surface area contributed by atoms with Gasteiger partial charge in [-0.1, -0.05) is 0 Å². The zero-order valence-corrected chi connectivity index (χ0v) is 9.27. The first kappa shape index (κ1) is 12.3. The number of likely N-dealkylation sites (N-methyl/N-ethyl adjacent to an activating group) is 1. The number of amides is 3. The van der Waals surface area contributed by atoms with Gasteiger partial charge in [0.05, 0.1) is 12.5 Å². The molecule has 0 aromatic heterocycles. The Labute approximate surface area is 93.0 Å². The van der Waals surface area contributed by atoms with Gasteiger partial charge in [-0.2, -0.15) is 0 Å². The lowest BCUT2D eigenvalue weighted by molar-refractivity contribution is -0.146. The molecule has 2 N–H and O–H groups in total. The summed E-state index contributed by atoms with van der Waals surface area (Å²) < 4.78 is 0. The van der Waals surface area contributed by atoms with Gasteiger partial charge in [0.1, 0.15) is 0 Å².